The van der Waals surface area contributed by atoms with E-state index in [9.17, 15) is 18.3 Å². The van der Waals surface area contributed by atoms with Crippen LogP contribution in [0, 0.1) is 6.92 Å². The number of carboxylic acids is 1. The zero-order valence-electron chi connectivity index (χ0n) is 12.8. The van der Waals surface area contributed by atoms with Crippen LogP contribution in [-0.2, 0) is 10.0 Å². The first kappa shape index (κ1) is 16.0. The fraction of sp³-hybridized carbons (Fsp3) is 0.0556. The minimum Gasteiger partial charge on any atom is -0.545 e. The fourth-order valence-corrected chi connectivity index (χ4v) is 3.88. The molecule has 0 aliphatic rings. The molecular formula is C18H14NO4S-. The number of benzene rings is 3. The number of carboxylic acid groups (broad SMARTS) is 1. The van der Waals surface area contributed by atoms with Gasteiger partial charge in [-0.3, -0.25) is 4.72 Å². The van der Waals surface area contributed by atoms with Gasteiger partial charge in [0.15, 0.2) is 0 Å². The third kappa shape index (κ3) is 2.96. The summed E-state index contributed by atoms with van der Waals surface area (Å²) in [6, 6.07) is 16.6. The van der Waals surface area contributed by atoms with E-state index in [4.69, 9.17) is 0 Å². The van der Waals surface area contributed by atoms with E-state index >= 15 is 0 Å². The summed E-state index contributed by atoms with van der Waals surface area (Å²) in [6.07, 6.45) is 0. The number of carbonyl (C=O) groups is 1. The first-order valence-corrected chi connectivity index (χ1v) is 8.69. The Morgan fingerprint density at radius 1 is 1.00 bits per heavy atom. The molecule has 0 atom stereocenters. The molecule has 0 aliphatic carbocycles. The molecule has 0 unspecified atom stereocenters. The maximum absolute atomic E-state index is 12.7. The lowest BCUT2D eigenvalue weighted by Gasteiger charge is -2.14. The number of aromatic carboxylic acids is 1. The first-order valence-electron chi connectivity index (χ1n) is 7.21. The Labute approximate surface area is 139 Å². The highest BCUT2D eigenvalue weighted by atomic mass is 32.2. The molecule has 122 valence electrons. The average Bonchev–Trinajstić information content (AvgIpc) is 2.55. The third-order valence-electron chi connectivity index (χ3n) is 3.75. The minimum absolute atomic E-state index is 0.0860. The number of anilines is 1. The van der Waals surface area contributed by atoms with Crippen LogP contribution in [0.2, 0.25) is 0 Å². The van der Waals surface area contributed by atoms with Crippen LogP contribution in [-0.4, -0.2) is 14.4 Å². The summed E-state index contributed by atoms with van der Waals surface area (Å²) in [5, 5.41) is 12.7. The molecule has 0 heterocycles. The van der Waals surface area contributed by atoms with Crippen LogP contribution in [0.3, 0.4) is 0 Å². The SMILES string of the molecule is Cc1ccc(C(=O)[O-])cc1S(=O)(=O)Nc1cccc2ccccc12. The average molecular weight is 340 g/mol. The fourth-order valence-electron chi connectivity index (χ4n) is 2.53. The zero-order valence-corrected chi connectivity index (χ0v) is 13.6. The molecule has 0 bridgehead atoms. The summed E-state index contributed by atoms with van der Waals surface area (Å²) >= 11 is 0. The van der Waals surface area contributed by atoms with Crippen molar-refractivity contribution in [3.8, 4) is 0 Å². The number of carbonyl (C=O) groups excluding carboxylic acids is 1. The van der Waals surface area contributed by atoms with E-state index in [2.05, 4.69) is 4.72 Å². The van der Waals surface area contributed by atoms with Crippen molar-refractivity contribution in [2.45, 2.75) is 11.8 Å². The third-order valence-corrected chi connectivity index (χ3v) is 5.25. The molecular weight excluding hydrogens is 326 g/mol. The normalized spacial score (nSPS) is 11.4. The van der Waals surface area contributed by atoms with Gasteiger partial charge in [0.25, 0.3) is 10.0 Å². The van der Waals surface area contributed by atoms with E-state index < -0.39 is 16.0 Å². The van der Waals surface area contributed by atoms with Gasteiger partial charge in [0.2, 0.25) is 0 Å². The van der Waals surface area contributed by atoms with Crippen LogP contribution in [0.25, 0.3) is 10.8 Å². The van der Waals surface area contributed by atoms with Gasteiger partial charge >= 0.3 is 0 Å². The van der Waals surface area contributed by atoms with E-state index in [1.807, 2.05) is 30.3 Å². The molecule has 3 aromatic rings. The molecule has 0 saturated heterocycles. The highest BCUT2D eigenvalue weighted by Gasteiger charge is 2.18. The standard InChI is InChI=1S/C18H15NO4S/c1-12-9-10-14(18(20)21)11-17(12)24(22,23)19-16-8-4-6-13-5-2-3-7-15(13)16/h2-11,19H,1H3,(H,20,21)/p-1. The summed E-state index contributed by atoms with van der Waals surface area (Å²) in [5.74, 6) is -1.42. The highest BCUT2D eigenvalue weighted by molar-refractivity contribution is 7.92. The summed E-state index contributed by atoms with van der Waals surface area (Å²) in [4.78, 5) is 10.9. The van der Waals surface area contributed by atoms with E-state index in [1.165, 1.54) is 12.1 Å². The minimum atomic E-state index is -3.93. The number of fused-ring (bicyclic) bond motifs is 1. The Hall–Kier alpha value is -2.86. The summed E-state index contributed by atoms with van der Waals surface area (Å²) in [7, 11) is -3.93. The molecule has 0 aromatic heterocycles. The van der Waals surface area contributed by atoms with Gasteiger partial charge in [0.1, 0.15) is 0 Å². The van der Waals surface area contributed by atoms with Crippen molar-refractivity contribution in [2.24, 2.45) is 0 Å². The van der Waals surface area contributed by atoms with Crippen LogP contribution >= 0.6 is 0 Å². The van der Waals surface area contributed by atoms with Crippen LogP contribution in [0.5, 0.6) is 0 Å². The summed E-state index contributed by atoms with van der Waals surface area (Å²) in [5.41, 5.74) is 0.706. The van der Waals surface area contributed by atoms with Crippen LogP contribution < -0.4 is 9.83 Å². The maximum atomic E-state index is 12.7. The van der Waals surface area contributed by atoms with E-state index in [-0.39, 0.29) is 10.5 Å². The maximum Gasteiger partial charge on any atom is 0.262 e. The Bertz CT molecular complexity index is 1040. The molecule has 0 fully saturated rings. The zero-order chi connectivity index (χ0) is 17.3. The van der Waals surface area contributed by atoms with E-state index in [0.29, 0.717) is 11.3 Å². The molecule has 1 N–H and O–H groups in total. The smallest absolute Gasteiger partial charge is 0.262 e. The lowest BCUT2D eigenvalue weighted by molar-refractivity contribution is -0.255. The quantitative estimate of drug-likeness (QED) is 0.789. The summed E-state index contributed by atoms with van der Waals surface area (Å²) in [6.45, 7) is 1.61. The lowest BCUT2D eigenvalue weighted by atomic mass is 10.1. The predicted octanol–water partition coefficient (Wildman–Crippen LogP) is 2.31. The Morgan fingerprint density at radius 2 is 1.71 bits per heavy atom. The van der Waals surface area contributed by atoms with Crippen LogP contribution in [0.4, 0.5) is 5.69 Å². The first-order chi connectivity index (χ1) is 11.4. The van der Waals surface area contributed by atoms with Gasteiger partial charge in [-0.2, -0.15) is 0 Å². The number of hydrogen-bond donors (Lipinski definition) is 1. The van der Waals surface area contributed by atoms with Gasteiger partial charge in [-0.05, 0) is 35.6 Å². The molecule has 0 radical (unpaired) electrons. The number of sulfonamides is 1. The van der Waals surface area contributed by atoms with Crippen molar-refractivity contribution in [3.63, 3.8) is 0 Å². The molecule has 0 spiro atoms. The number of rotatable bonds is 4. The molecule has 6 heteroatoms. The Kier molecular flexibility index (Phi) is 3.99. The van der Waals surface area contributed by atoms with Crippen molar-refractivity contribution in [1.82, 2.24) is 0 Å². The Morgan fingerprint density at radius 3 is 2.46 bits per heavy atom. The predicted molar refractivity (Wildman–Crippen MR) is 90.3 cm³/mol. The number of hydrogen-bond acceptors (Lipinski definition) is 4. The Balaban J connectivity index is 2.09. The van der Waals surface area contributed by atoms with Gasteiger partial charge in [-0.15, -0.1) is 0 Å². The van der Waals surface area contributed by atoms with Crippen molar-refractivity contribution in [1.29, 1.82) is 0 Å². The van der Waals surface area contributed by atoms with E-state index in [0.717, 1.165) is 16.8 Å². The van der Waals surface area contributed by atoms with Crippen molar-refractivity contribution in [3.05, 3.63) is 71.8 Å². The number of nitrogens with one attached hydrogen (secondary N) is 1. The highest BCUT2D eigenvalue weighted by Crippen LogP contribution is 2.26. The van der Waals surface area contributed by atoms with E-state index in [1.54, 1.807) is 19.1 Å². The van der Waals surface area contributed by atoms with Gasteiger partial charge in [0, 0.05) is 5.39 Å². The second-order valence-electron chi connectivity index (χ2n) is 5.40. The molecule has 0 amide bonds. The van der Waals surface area contributed by atoms with Crippen LogP contribution in [0.1, 0.15) is 15.9 Å². The summed E-state index contributed by atoms with van der Waals surface area (Å²) < 4.78 is 28.0. The van der Waals surface area contributed by atoms with Gasteiger partial charge in [-0.1, -0.05) is 48.5 Å². The molecule has 24 heavy (non-hydrogen) atoms. The van der Waals surface area contributed by atoms with Crippen molar-refractivity contribution >= 4 is 32.5 Å². The van der Waals surface area contributed by atoms with Crippen molar-refractivity contribution in [2.75, 3.05) is 4.72 Å². The molecule has 5 nitrogen and oxygen atoms in total. The lowest BCUT2D eigenvalue weighted by Crippen LogP contribution is -2.23. The largest absolute Gasteiger partial charge is 0.545 e. The second-order valence-corrected chi connectivity index (χ2v) is 7.05. The van der Waals surface area contributed by atoms with Gasteiger partial charge < -0.3 is 9.90 Å². The molecule has 0 aliphatic heterocycles. The van der Waals surface area contributed by atoms with Gasteiger partial charge in [-0.25, -0.2) is 8.42 Å². The molecule has 3 rings (SSSR count). The van der Waals surface area contributed by atoms with Crippen molar-refractivity contribution < 1.29 is 18.3 Å². The topological polar surface area (TPSA) is 86.3 Å². The molecule has 3 aromatic carbocycles. The van der Waals surface area contributed by atoms with Gasteiger partial charge in [0.05, 0.1) is 16.6 Å². The molecule has 0 saturated carbocycles. The van der Waals surface area contributed by atoms with Crippen LogP contribution in [0.15, 0.2) is 65.6 Å². The number of aryl methyl sites for hydroxylation is 1. The second kappa shape index (κ2) is 5.98. The monoisotopic (exact) mass is 340 g/mol.